The van der Waals surface area contributed by atoms with Crippen LogP contribution in [0.4, 0.5) is 0 Å². The van der Waals surface area contributed by atoms with Crippen LogP contribution in [-0.4, -0.2) is 23.9 Å². The first-order chi connectivity index (χ1) is 5.70. The third kappa shape index (κ3) is 1.43. The van der Waals surface area contributed by atoms with Crippen LogP contribution in [0.2, 0.25) is 0 Å². The molecular formula is C8H15N3O. The summed E-state index contributed by atoms with van der Waals surface area (Å²) in [5.74, 6) is 0.833. The van der Waals surface area contributed by atoms with E-state index in [0.29, 0.717) is 0 Å². The molecular weight excluding hydrogens is 154 g/mol. The van der Waals surface area contributed by atoms with E-state index >= 15 is 0 Å². The number of hydrogen-bond donors (Lipinski definition) is 1. The SMILES string of the molecule is CNC(C)c1c(OC)cnn1C. The summed E-state index contributed by atoms with van der Waals surface area (Å²) in [7, 11) is 5.48. The Bertz CT molecular complexity index is 257. The topological polar surface area (TPSA) is 39.1 Å². The standard InChI is InChI=1S/C8H15N3O/c1-6(9-2)8-7(12-4)5-10-11(8)3/h5-6,9H,1-4H3. The van der Waals surface area contributed by atoms with Crippen molar-refractivity contribution in [3.05, 3.63) is 11.9 Å². The molecule has 1 atom stereocenters. The molecule has 0 spiro atoms. The smallest absolute Gasteiger partial charge is 0.161 e. The van der Waals surface area contributed by atoms with E-state index in [4.69, 9.17) is 4.74 Å². The molecule has 0 saturated carbocycles. The first-order valence-corrected chi connectivity index (χ1v) is 3.93. The predicted octanol–water partition coefficient (Wildman–Crippen LogP) is 0.709. The van der Waals surface area contributed by atoms with Crippen molar-refractivity contribution in [1.82, 2.24) is 15.1 Å². The minimum Gasteiger partial charge on any atom is -0.493 e. The lowest BCUT2D eigenvalue weighted by molar-refractivity contribution is 0.400. The highest BCUT2D eigenvalue weighted by Crippen LogP contribution is 2.22. The number of aromatic nitrogens is 2. The van der Waals surface area contributed by atoms with Gasteiger partial charge in [0, 0.05) is 13.1 Å². The van der Waals surface area contributed by atoms with E-state index in [-0.39, 0.29) is 6.04 Å². The van der Waals surface area contributed by atoms with Gasteiger partial charge in [0.05, 0.1) is 19.0 Å². The van der Waals surface area contributed by atoms with Crippen LogP contribution in [0.25, 0.3) is 0 Å². The van der Waals surface area contributed by atoms with E-state index in [1.807, 2.05) is 18.8 Å². The van der Waals surface area contributed by atoms with Crippen molar-refractivity contribution in [3.63, 3.8) is 0 Å². The van der Waals surface area contributed by atoms with Gasteiger partial charge in [-0.25, -0.2) is 0 Å². The molecule has 0 radical (unpaired) electrons. The van der Waals surface area contributed by atoms with Gasteiger partial charge in [-0.05, 0) is 14.0 Å². The fraction of sp³-hybridized carbons (Fsp3) is 0.625. The van der Waals surface area contributed by atoms with Gasteiger partial charge in [-0.1, -0.05) is 0 Å². The van der Waals surface area contributed by atoms with Gasteiger partial charge in [0.2, 0.25) is 0 Å². The highest BCUT2D eigenvalue weighted by molar-refractivity contribution is 5.27. The quantitative estimate of drug-likeness (QED) is 0.724. The number of methoxy groups -OCH3 is 1. The first kappa shape index (κ1) is 9.06. The molecule has 68 valence electrons. The Morgan fingerprint density at radius 3 is 2.83 bits per heavy atom. The van der Waals surface area contributed by atoms with Crippen LogP contribution in [0.3, 0.4) is 0 Å². The van der Waals surface area contributed by atoms with Gasteiger partial charge in [0.15, 0.2) is 5.75 Å². The van der Waals surface area contributed by atoms with Crippen LogP contribution in [0.1, 0.15) is 18.7 Å². The van der Waals surface area contributed by atoms with Crippen molar-refractivity contribution in [3.8, 4) is 5.75 Å². The zero-order valence-corrected chi connectivity index (χ0v) is 7.96. The Morgan fingerprint density at radius 2 is 2.33 bits per heavy atom. The second-order valence-electron chi connectivity index (χ2n) is 2.73. The number of hydrogen-bond acceptors (Lipinski definition) is 3. The van der Waals surface area contributed by atoms with E-state index < -0.39 is 0 Å². The Labute approximate surface area is 72.5 Å². The van der Waals surface area contributed by atoms with Crippen LogP contribution in [0, 0.1) is 0 Å². The lowest BCUT2D eigenvalue weighted by atomic mass is 10.2. The maximum Gasteiger partial charge on any atom is 0.161 e. The minimum absolute atomic E-state index is 0.257. The van der Waals surface area contributed by atoms with Crippen LogP contribution in [0.5, 0.6) is 5.75 Å². The van der Waals surface area contributed by atoms with Crippen molar-refractivity contribution in [1.29, 1.82) is 0 Å². The van der Waals surface area contributed by atoms with Gasteiger partial charge < -0.3 is 10.1 Å². The normalized spacial score (nSPS) is 13.0. The van der Waals surface area contributed by atoms with Crippen LogP contribution < -0.4 is 10.1 Å². The summed E-state index contributed by atoms with van der Waals surface area (Å²) in [6.45, 7) is 2.07. The fourth-order valence-corrected chi connectivity index (χ4v) is 1.21. The van der Waals surface area contributed by atoms with E-state index in [1.54, 1.807) is 13.3 Å². The Hall–Kier alpha value is -1.03. The molecule has 1 aromatic rings. The number of aryl methyl sites for hydroxylation is 1. The summed E-state index contributed by atoms with van der Waals surface area (Å²) >= 11 is 0. The van der Waals surface area contributed by atoms with Gasteiger partial charge in [-0.3, -0.25) is 4.68 Å². The first-order valence-electron chi connectivity index (χ1n) is 3.93. The molecule has 0 aliphatic carbocycles. The third-order valence-electron chi connectivity index (χ3n) is 2.01. The molecule has 1 aromatic heterocycles. The zero-order valence-electron chi connectivity index (χ0n) is 7.96. The van der Waals surface area contributed by atoms with Gasteiger partial charge in [0.25, 0.3) is 0 Å². The molecule has 0 aliphatic heterocycles. The van der Waals surface area contributed by atoms with Crippen LogP contribution in [-0.2, 0) is 7.05 Å². The third-order valence-corrected chi connectivity index (χ3v) is 2.01. The second kappa shape index (κ2) is 3.58. The molecule has 4 heteroatoms. The molecule has 1 unspecified atom stereocenters. The lowest BCUT2D eigenvalue weighted by Gasteiger charge is -2.12. The monoisotopic (exact) mass is 169 g/mol. The Kier molecular flexibility index (Phi) is 2.70. The summed E-state index contributed by atoms with van der Waals surface area (Å²) in [4.78, 5) is 0. The van der Waals surface area contributed by atoms with E-state index in [1.165, 1.54) is 0 Å². The van der Waals surface area contributed by atoms with Gasteiger partial charge in [-0.2, -0.15) is 5.10 Å². The zero-order chi connectivity index (χ0) is 9.14. The van der Waals surface area contributed by atoms with Crippen molar-refractivity contribution >= 4 is 0 Å². The predicted molar refractivity (Wildman–Crippen MR) is 47.2 cm³/mol. The van der Waals surface area contributed by atoms with E-state index in [9.17, 15) is 0 Å². The maximum absolute atomic E-state index is 5.17. The molecule has 0 saturated heterocycles. The van der Waals surface area contributed by atoms with Crippen LogP contribution >= 0.6 is 0 Å². The summed E-state index contributed by atoms with van der Waals surface area (Å²) in [6, 6.07) is 0.257. The summed E-state index contributed by atoms with van der Waals surface area (Å²) in [6.07, 6.45) is 1.73. The van der Waals surface area contributed by atoms with Gasteiger partial charge in [-0.15, -0.1) is 0 Å². The number of nitrogens with zero attached hydrogens (tertiary/aromatic N) is 2. The largest absolute Gasteiger partial charge is 0.493 e. The summed E-state index contributed by atoms with van der Waals surface area (Å²) < 4.78 is 6.99. The molecule has 0 aliphatic rings. The molecule has 0 bridgehead atoms. The van der Waals surface area contributed by atoms with Gasteiger partial charge in [0.1, 0.15) is 0 Å². The van der Waals surface area contributed by atoms with E-state index in [0.717, 1.165) is 11.4 Å². The molecule has 0 aromatic carbocycles. The van der Waals surface area contributed by atoms with Crippen molar-refractivity contribution in [2.75, 3.05) is 14.2 Å². The molecule has 0 amide bonds. The minimum atomic E-state index is 0.257. The summed E-state index contributed by atoms with van der Waals surface area (Å²) in [5, 5.41) is 7.25. The number of rotatable bonds is 3. The van der Waals surface area contributed by atoms with Crippen molar-refractivity contribution in [2.24, 2.45) is 7.05 Å². The lowest BCUT2D eigenvalue weighted by Crippen LogP contribution is -2.16. The molecule has 12 heavy (non-hydrogen) atoms. The Morgan fingerprint density at radius 1 is 1.67 bits per heavy atom. The maximum atomic E-state index is 5.17. The molecule has 1 rings (SSSR count). The highest BCUT2D eigenvalue weighted by atomic mass is 16.5. The average Bonchev–Trinajstić information content (AvgIpc) is 2.45. The van der Waals surface area contributed by atoms with Crippen molar-refractivity contribution < 1.29 is 4.74 Å². The number of ether oxygens (including phenoxy) is 1. The van der Waals surface area contributed by atoms with E-state index in [2.05, 4.69) is 17.3 Å². The molecule has 0 fully saturated rings. The van der Waals surface area contributed by atoms with Crippen LogP contribution in [0.15, 0.2) is 6.20 Å². The molecule has 1 heterocycles. The van der Waals surface area contributed by atoms with Crippen molar-refractivity contribution in [2.45, 2.75) is 13.0 Å². The fourth-order valence-electron chi connectivity index (χ4n) is 1.21. The molecule has 1 N–H and O–H groups in total. The van der Waals surface area contributed by atoms with Gasteiger partial charge >= 0.3 is 0 Å². The Balaban J connectivity index is 3.01. The molecule has 4 nitrogen and oxygen atoms in total. The highest BCUT2D eigenvalue weighted by Gasteiger charge is 2.13. The second-order valence-corrected chi connectivity index (χ2v) is 2.73. The number of nitrogens with one attached hydrogen (secondary N) is 1. The average molecular weight is 169 g/mol. The summed E-state index contributed by atoms with van der Waals surface area (Å²) in [5.41, 5.74) is 1.07.